The van der Waals surface area contributed by atoms with Crippen molar-refractivity contribution in [1.82, 2.24) is 16.0 Å². The van der Waals surface area contributed by atoms with Gasteiger partial charge in [0, 0.05) is 20.1 Å². The van der Waals surface area contributed by atoms with Crippen molar-refractivity contribution in [3.8, 4) is 0 Å². The highest BCUT2D eigenvalue weighted by atomic mass is 127. The van der Waals surface area contributed by atoms with Crippen molar-refractivity contribution in [2.45, 2.75) is 58.6 Å². The molecule has 0 aliphatic carbocycles. The van der Waals surface area contributed by atoms with E-state index in [-0.39, 0.29) is 24.0 Å². The minimum atomic E-state index is -0.511. The van der Waals surface area contributed by atoms with Crippen LogP contribution in [0.5, 0.6) is 0 Å². The molecule has 1 rings (SSSR count). The maximum Gasteiger partial charge on any atom is 0.408 e. The van der Waals surface area contributed by atoms with E-state index in [0.717, 1.165) is 6.54 Å². The van der Waals surface area contributed by atoms with Crippen LogP contribution in [0.25, 0.3) is 0 Å². The Balaban J connectivity index is 0.00000625. The average Bonchev–Trinajstić information content (AvgIpc) is 2.98. The zero-order valence-electron chi connectivity index (χ0n) is 16.8. The number of guanidine groups is 1. The Hall–Kier alpha value is -1.03. The van der Waals surface area contributed by atoms with Crippen molar-refractivity contribution >= 4 is 47.4 Å². The van der Waals surface area contributed by atoms with Crippen LogP contribution in [0.4, 0.5) is 4.79 Å². The molecule has 6 nitrogen and oxygen atoms in total. The number of amides is 1. The summed E-state index contributed by atoms with van der Waals surface area (Å²) >= 11 is 1.71. The van der Waals surface area contributed by atoms with Crippen LogP contribution in [-0.2, 0) is 4.74 Å². The summed E-state index contributed by atoms with van der Waals surface area (Å²) in [6.45, 7) is 12.9. The van der Waals surface area contributed by atoms with Gasteiger partial charge in [0.15, 0.2) is 5.96 Å². The smallest absolute Gasteiger partial charge is 0.408 e. The number of carbonyl (C=O) groups excluding carboxylic acids is 1. The molecule has 1 aromatic heterocycles. The van der Waals surface area contributed by atoms with Crippen LogP contribution in [0, 0.1) is 0 Å². The number of carbonyl (C=O) groups is 1. The third kappa shape index (κ3) is 10.2. The molecule has 0 aromatic carbocycles. The second-order valence-corrected chi connectivity index (χ2v) is 8.56. The highest BCUT2D eigenvalue weighted by molar-refractivity contribution is 14.0. The van der Waals surface area contributed by atoms with E-state index in [2.05, 4.69) is 44.7 Å². The lowest BCUT2D eigenvalue weighted by molar-refractivity contribution is 0.0474. The van der Waals surface area contributed by atoms with Crippen LogP contribution >= 0.6 is 35.3 Å². The predicted molar refractivity (Wildman–Crippen MR) is 121 cm³/mol. The number of hydrogen-bond acceptors (Lipinski definition) is 4. The Bertz CT molecular complexity index is 568. The number of alkyl carbamates (subject to hydrolysis) is 1. The Labute approximate surface area is 178 Å². The van der Waals surface area contributed by atoms with Gasteiger partial charge in [-0.3, -0.25) is 4.99 Å². The van der Waals surface area contributed by atoms with E-state index in [1.807, 2.05) is 34.6 Å². The summed E-state index contributed by atoms with van der Waals surface area (Å²) in [7, 11) is 1.74. The molecular formula is C18H33IN4O2S. The first-order chi connectivity index (χ1) is 11.5. The number of rotatable bonds is 6. The lowest BCUT2D eigenvalue weighted by Gasteiger charge is -2.29. The van der Waals surface area contributed by atoms with Gasteiger partial charge in [-0.15, -0.1) is 24.0 Å². The van der Waals surface area contributed by atoms with Gasteiger partial charge in [0.2, 0.25) is 0 Å². The lowest BCUT2D eigenvalue weighted by atomic mass is 10.1. The van der Waals surface area contributed by atoms with Crippen molar-refractivity contribution in [2.75, 3.05) is 20.1 Å². The van der Waals surface area contributed by atoms with E-state index in [4.69, 9.17) is 4.74 Å². The van der Waals surface area contributed by atoms with E-state index in [0.29, 0.717) is 18.4 Å². The highest BCUT2D eigenvalue weighted by Crippen LogP contribution is 2.17. The Morgan fingerprint density at radius 1 is 1.27 bits per heavy atom. The molecule has 26 heavy (non-hydrogen) atoms. The fraction of sp³-hybridized carbons (Fsp3) is 0.667. The standard InChI is InChI=1S/C18H32N4O2S.HI/c1-13(14-8-9-25-11-14)10-20-15(19-7)21-12-18(5,6)22-16(23)24-17(2,3)4;/h8-9,11,13H,10,12H2,1-7H3,(H,22,23)(H2,19,20,21);1H. The summed E-state index contributed by atoms with van der Waals surface area (Å²) in [6, 6.07) is 2.14. The number of thiophene rings is 1. The first-order valence-electron chi connectivity index (χ1n) is 8.50. The second-order valence-electron chi connectivity index (χ2n) is 7.78. The second kappa shape index (κ2) is 11.0. The summed E-state index contributed by atoms with van der Waals surface area (Å²) in [6.07, 6.45) is -0.423. The Morgan fingerprint density at radius 2 is 1.92 bits per heavy atom. The molecule has 1 unspecified atom stereocenters. The van der Waals surface area contributed by atoms with Gasteiger partial charge in [0.1, 0.15) is 5.60 Å². The van der Waals surface area contributed by atoms with Crippen LogP contribution in [0.3, 0.4) is 0 Å². The van der Waals surface area contributed by atoms with Crippen molar-refractivity contribution in [2.24, 2.45) is 4.99 Å². The highest BCUT2D eigenvalue weighted by Gasteiger charge is 2.24. The van der Waals surface area contributed by atoms with E-state index >= 15 is 0 Å². The summed E-state index contributed by atoms with van der Waals surface area (Å²) in [5, 5.41) is 13.7. The van der Waals surface area contributed by atoms with Crippen molar-refractivity contribution in [3.63, 3.8) is 0 Å². The summed E-state index contributed by atoms with van der Waals surface area (Å²) in [5.41, 5.74) is 0.335. The Kier molecular flexibility index (Phi) is 10.5. The van der Waals surface area contributed by atoms with Crippen molar-refractivity contribution < 1.29 is 9.53 Å². The molecule has 0 bridgehead atoms. The fourth-order valence-electron chi connectivity index (χ4n) is 2.07. The maximum atomic E-state index is 11.9. The molecule has 8 heteroatoms. The van der Waals surface area contributed by atoms with Gasteiger partial charge in [0.25, 0.3) is 0 Å². The monoisotopic (exact) mass is 496 g/mol. The SMILES string of the molecule is CN=C(NCC(C)c1ccsc1)NCC(C)(C)NC(=O)OC(C)(C)C.I. The first-order valence-corrected chi connectivity index (χ1v) is 9.44. The van der Waals surface area contributed by atoms with Gasteiger partial charge in [-0.2, -0.15) is 11.3 Å². The van der Waals surface area contributed by atoms with Gasteiger partial charge >= 0.3 is 6.09 Å². The molecule has 1 aromatic rings. The molecule has 0 aliphatic heterocycles. The quantitative estimate of drug-likeness (QED) is 0.317. The average molecular weight is 496 g/mol. The molecule has 0 aliphatic rings. The molecule has 0 saturated heterocycles. The molecule has 3 N–H and O–H groups in total. The minimum absolute atomic E-state index is 0. The minimum Gasteiger partial charge on any atom is -0.444 e. The van der Waals surface area contributed by atoms with E-state index in [9.17, 15) is 4.79 Å². The third-order valence-electron chi connectivity index (χ3n) is 3.45. The number of halogens is 1. The van der Waals surface area contributed by atoms with Crippen LogP contribution in [0.1, 0.15) is 53.0 Å². The van der Waals surface area contributed by atoms with Gasteiger partial charge in [-0.05, 0) is 62.9 Å². The molecule has 1 amide bonds. The topological polar surface area (TPSA) is 74.8 Å². The fourth-order valence-corrected chi connectivity index (χ4v) is 2.85. The van der Waals surface area contributed by atoms with Crippen LogP contribution < -0.4 is 16.0 Å². The van der Waals surface area contributed by atoms with Gasteiger partial charge in [0.05, 0.1) is 5.54 Å². The molecule has 150 valence electrons. The van der Waals surface area contributed by atoms with E-state index in [1.165, 1.54) is 5.56 Å². The first kappa shape index (κ1) is 25.0. The summed E-state index contributed by atoms with van der Waals surface area (Å²) in [4.78, 5) is 16.2. The zero-order chi connectivity index (χ0) is 19.1. The summed E-state index contributed by atoms with van der Waals surface area (Å²) in [5.74, 6) is 1.11. The normalized spacial score (nSPS) is 13.4. The van der Waals surface area contributed by atoms with Crippen molar-refractivity contribution in [1.29, 1.82) is 0 Å². The van der Waals surface area contributed by atoms with E-state index in [1.54, 1.807) is 18.4 Å². The molecular weight excluding hydrogens is 463 g/mol. The zero-order valence-corrected chi connectivity index (χ0v) is 20.0. The number of nitrogens with one attached hydrogen (secondary N) is 3. The number of aliphatic imine (C=N–C) groups is 1. The number of nitrogens with zero attached hydrogens (tertiary/aromatic N) is 1. The molecule has 0 saturated carbocycles. The van der Waals surface area contributed by atoms with Crippen LogP contribution in [0.2, 0.25) is 0 Å². The van der Waals surface area contributed by atoms with Crippen LogP contribution in [0.15, 0.2) is 21.8 Å². The molecule has 1 heterocycles. The summed E-state index contributed by atoms with van der Waals surface area (Å²) < 4.78 is 5.30. The van der Waals surface area contributed by atoms with Crippen LogP contribution in [-0.4, -0.2) is 43.3 Å². The van der Waals surface area contributed by atoms with Gasteiger partial charge in [-0.1, -0.05) is 6.92 Å². The van der Waals surface area contributed by atoms with Gasteiger partial charge < -0.3 is 20.7 Å². The van der Waals surface area contributed by atoms with E-state index < -0.39 is 17.2 Å². The van der Waals surface area contributed by atoms with Crippen molar-refractivity contribution in [3.05, 3.63) is 22.4 Å². The largest absolute Gasteiger partial charge is 0.444 e. The molecule has 0 radical (unpaired) electrons. The molecule has 0 spiro atoms. The third-order valence-corrected chi connectivity index (χ3v) is 4.15. The maximum absolute atomic E-state index is 11.9. The predicted octanol–water partition coefficient (Wildman–Crippen LogP) is 3.94. The number of hydrogen-bond donors (Lipinski definition) is 3. The number of ether oxygens (including phenoxy) is 1. The molecule has 0 fully saturated rings. The lowest BCUT2D eigenvalue weighted by Crippen LogP contribution is -2.54. The Morgan fingerprint density at radius 3 is 2.42 bits per heavy atom. The molecule has 1 atom stereocenters. The van der Waals surface area contributed by atoms with Gasteiger partial charge in [-0.25, -0.2) is 4.79 Å².